The Labute approximate surface area is 115 Å². The van der Waals surface area contributed by atoms with Crippen LogP contribution in [0.1, 0.15) is 24.8 Å². The molecule has 0 bridgehead atoms. The number of rotatable bonds is 5. The molecule has 0 spiro atoms. The Morgan fingerprint density at radius 3 is 2.74 bits per heavy atom. The number of aliphatic hydroxyl groups is 1. The first-order chi connectivity index (χ1) is 8.92. The van der Waals surface area contributed by atoms with Crippen molar-refractivity contribution in [3.05, 3.63) is 29.4 Å². The van der Waals surface area contributed by atoms with Gasteiger partial charge in [0.1, 0.15) is 4.21 Å². The summed E-state index contributed by atoms with van der Waals surface area (Å²) in [6.07, 6.45) is 3.11. The van der Waals surface area contributed by atoms with Crippen LogP contribution in [0.15, 0.2) is 28.7 Å². The number of hydrogen-bond donors (Lipinski definition) is 2. The third kappa shape index (κ3) is 3.14. The van der Waals surface area contributed by atoms with E-state index in [9.17, 15) is 8.42 Å². The standard InChI is InChI=1S/C11H15N3O3S2/c1-8(2)14-6-9(5-12-14)13-19(16,17)11-4-3-10(7-15)18-11/h3-6,8,13,15H,7H2,1-2H3. The molecule has 0 unspecified atom stereocenters. The number of aliphatic hydroxyl groups excluding tert-OH is 1. The van der Waals surface area contributed by atoms with E-state index >= 15 is 0 Å². The van der Waals surface area contributed by atoms with Gasteiger partial charge in [-0.2, -0.15) is 5.10 Å². The van der Waals surface area contributed by atoms with Gasteiger partial charge < -0.3 is 5.11 Å². The summed E-state index contributed by atoms with van der Waals surface area (Å²) in [5.41, 5.74) is 0.424. The average molecular weight is 301 g/mol. The van der Waals surface area contributed by atoms with E-state index < -0.39 is 10.0 Å². The zero-order chi connectivity index (χ0) is 14.0. The van der Waals surface area contributed by atoms with Gasteiger partial charge in [0.15, 0.2) is 0 Å². The van der Waals surface area contributed by atoms with Gasteiger partial charge in [0.25, 0.3) is 10.0 Å². The monoisotopic (exact) mass is 301 g/mol. The molecule has 19 heavy (non-hydrogen) atoms. The van der Waals surface area contributed by atoms with E-state index in [-0.39, 0.29) is 16.9 Å². The SMILES string of the molecule is CC(C)n1cc(NS(=O)(=O)c2ccc(CO)s2)cn1. The quantitative estimate of drug-likeness (QED) is 0.882. The Bertz CT molecular complexity index is 658. The minimum Gasteiger partial charge on any atom is -0.391 e. The van der Waals surface area contributed by atoms with Crippen LogP contribution in [-0.4, -0.2) is 23.3 Å². The number of sulfonamides is 1. The average Bonchev–Trinajstić information content (AvgIpc) is 2.96. The summed E-state index contributed by atoms with van der Waals surface area (Å²) in [6.45, 7) is 3.75. The molecule has 2 aromatic heterocycles. The molecular weight excluding hydrogens is 286 g/mol. The maximum absolute atomic E-state index is 12.1. The van der Waals surface area contributed by atoms with Crippen LogP contribution in [0.2, 0.25) is 0 Å². The lowest BCUT2D eigenvalue weighted by Crippen LogP contribution is -2.11. The summed E-state index contributed by atoms with van der Waals surface area (Å²) in [7, 11) is -3.61. The van der Waals surface area contributed by atoms with E-state index in [0.717, 1.165) is 11.3 Å². The van der Waals surface area contributed by atoms with Crippen molar-refractivity contribution in [1.29, 1.82) is 0 Å². The number of nitrogens with zero attached hydrogens (tertiary/aromatic N) is 2. The second kappa shape index (κ2) is 5.32. The predicted molar refractivity (Wildman–Crippen MR) is 73.7 cm³/mol. The maximum Gasteiger partial charge on any atom is 0.271 e. The molecule has 0 aliphatic carbocycles. The van der Waals surface area contributed by atoms with E-state index in [1.807, 2.05) is 13.8 Å². The van der Waals surface area contributed by atoms with Crippen molar-refractivity contribution in [3.63, 3.8) is 0 Å². The van der Waals surface area contributed by atoms with Crippen molar-refractivity contribution in [2.45, 2.75) is 30.7 Å². The Kier molecular flexibility index (Phi) is 3.93. The Morgan fingerprint density at radius 1 is 1.47 bits per heavy atom. The molecule has 0 amide bonds. The van der Waals surface area contributed by atoms with Crippen LogP contribution in [0.25, 0.3) is 0 Å². The normalized spacial score (nSPS) is 12.0. The highest BCUT2D eigenvalue weighted by Gasteiger charge is 2.17. The lowest BCUT2D eigenvalue weighted by Gasteiger charge is -2.04. The first-order valence-electron chi connectivity index (χ1n) is 5.69. The number of thiophene rings is 1. The molecule has 2 rings (SSSR count). The molecule has 0 saturated carbocycles. The van der Waals surface area contributed by atoms with E-state index in [0.29, 0.717) is 10.6 Å². The lowest BCUT2D eigenvalue weighted by atomic mass is 10.4. The zero-order valence-corrected chi connectivity index (χ0v) is 12.2. The van der Waals surface area contributed by atoms with Crippen molar-refractivity contribution in [1.82, 2.24) is 9.78 Å². The van der Waals surface area contributed by atoms with Crippen molar-refractivity contribution in [3.8, 4) is 0 Å². The fourth-order valence-corrected chi connectivity index (χ4v) is 3.71. The Morgan fingerprint density at radius 2 is 2.21 bits per heavy atom. The largest absolute Gasteiger partial charge is 0.391 e. The fourth-order valence-electron chi connectivity index (χ4n) is 1.47. The van der Waals surface area contributed by atoms with E-state index in [1.54, 1.807) is 16.9 Å². The molecule has 0 radical (unpaired) electrons. The van der Waals surface area contributed by atoms with E-state index in [1.165, 1.54) is 12.3 Å². The molecule has 2 heterocycles. The molecule has 0 atom stereocenters. The second-order valence-electron chi connectivity index (χ2n) is 4.29. The van der Waals surface area contributed by atoms with Gasteiger partial charge in [0.05, 0.1) is 18.5 Å². The van der Waals surface area contributed by atoms with Gasteiger partial charge in [-0.05, 0) is 26.0 Å². The highest BCUT2D eigenvalue weighted by atomic mass is 32.2. The second-order valence-corrected chi connectivity index (χ2v) is 7.36. The highest BCUT2D eigenvalue weighted by molar-refractivity contribution is 7.94. The third-order valence-corrected chi connectivity index (χ3v) is 5.38. The first kappa shape index (κ1) is 14.0. The van der Waals surface area contributed by atoms with Crippen molar-refractivity contribution in [2.24, 2.45) is 0 Å². The smallest absolute Gasteiger partial charge is 0.271 e. The van der Waals surface area contributed by atoms with Crippen LogP contribution < -0.4 is 4.72 Å². The van der Waals surface area contributed by atoms with Gasteiger partial charge in [-0.15, -0.1) is 11.3 Å². The van der Waals surface area contributed by atoms with Gasteiger partial charge in [-0.1, -0.05) is 0 Å². The van der Waals surface area contributed by atoms with Gasteiger partial charge in [-0.25, -0.2) is 8.42 Å². The van der Waals surface area contributed by atoms with Crippen LogP contribution in [0.3, 0.4) is 0 Å². The molecule has 0 aliphatic heterocycles. The molecule has 2 N–H and O–H groups in total. The van der Waals surface area contributed by atoms with Crippen molar-refractivity contribution in [2.75, 3.05) is 4.72 Å². The van der Waals surface area contributed by atoms with E-state index in [4.69, 9.17) is 5.11 Å². The first-order valence-corrected chi connectivity index (χ1v) is 7.99. The van der Waals surface area contributed by atoms with E-state index in [2.05, 4.69) is 9.82 Å². The molecule has 0 aliphatic rings. The molecule has 104 valence electrons. The van der Waals surface area contributed by atoms with Gasteiger partial charge >= 0.3 is 0 Å². The summed E-state index contributed by atoms with van der Waals surface area (Å²) in [4.78, 5) is 0.609. The van der Waals surface area contributed by atoms with Crippen LogP contribution >= 0.6 is 11.3 Å². The van der Waals surface area contributed by atoms with Crippen LogP contribution in [0.4, 0.5) is 5.69 Å². The highest BCUT2D eigenvalue weighted by Crippen LogP contribution is 2.24. The summed E-state index contributed by atoms with van der Waals surface area (Å²) >= 11 is 1.04. The van der Waals surface area contributed by atoms with Gasteiger partial charge in [-0.3, -0.25) is 9.40 Å². The molecule has 0 aromatic carbocycles. The topological polar surface area (TPSA) is 84.2 Å². The minimum atomic E-state index is -3.61. The number of hydrogen-bond acceptors (Lipinski definition) is 5. The minimum absolute atomic E-state index is 0.161. The van der Waals surface area contributed by atoms with Crippen LogP contribution in [0, 0.1) is 0 Å². The Balaban J connectivity index is 2.20. The van der Waals surface area contributed by atoms with Crippen molar-refractivity contribution >= 4 is 27.0 Å². The number of anilines is 1. The third-order valence-electron chi connectivity index (χ3n) is 2.44. The van der Waals surface area contributed by atoms with Crippen LogP contribution in [0.5, 0.6) is 0 Å². The molecule has 6 nitrogen and oxygen atoms in total. The summed E-state index contributed by atoms with van der Waals surface area (Å²) < 4.78 is 28.5. The molecule has 0 saturated heterocycles. The van der Waals surface area contributed by atoms with Crippen molar-refractivity contribution < 1.29 is 13.5 Å². The fraction of sp³-hybridized carbons (Fsp3) is 0.364. The molecule has 8 heteroatoms. The molecule has 0 fully saturated rings. The van der Waals surface area contributed by atoms with Gasteiger partial charge in [0, 0.05) is 17.1 Å². The number of nitrogens with one attached hydrogen (secondary N) is 1. The molecular formula is C11H15N3O3S2. The summed E-state index contributed by atoms with van der Waals surface area (Å²) in [5, 5.41) is 13.0. The Hall–Kier alpha value is -1.38. The number of aromatic nitrogens is 2. The molecule has 2 aromatic rings. The maximum atomic E-state index is 12.1. The predicted octanol–water partition coefficient (Wildman–Crippen LogP) is 1.82. The zero-order valence-electron chi connectivity index (χ0n) is 10.6. The van der Waals surface area contributed by atoms with Gasteiger partial charge in [0.2, 0.25) is 0 Å². The summed E-state index contributed by atoms with van der Waals surface area (Å²) in [6, 6.07) is 3.24. The lowest BCUT2D eigenvalue weighted by molar-refractivity contribution is 0.285. The summed E-state index contributed by atoms with van der Waals surface area (Å²) in [5.74, 6) is 0. The van der Waals surface area contributed by atoms with Crippen LogP contribution in [-0.2, 0) is 16.6 Å².